The minimum Gasteiger partial charge on any atom is -0.390 e. The number of aliphatic hydroxyl groups is 3. The van der Waals surface area contributed by atoms with Gasteiger partial charge in [-0.2, -0.15) is 0 Å². The van der Waals surface area contributed by atoms with Crippen LogP contribution < -0.4 is 0 Å². The maximum atomic E-state index is 11.7. The number of rotatable bonds is 6. The Bertz CT molecular complexity index is 541. The first-order valence-corrected chi connectivity index (χ1v) is 9.60. The van der Waals surface area contributed by atoms with Crippen molar-refractivity contribution >= 4 is 0 Å². The summed E-state index contributed by atoms with van der Waals surface area (Å²) in [7, 11) is 0. The van der Waals surface area contributed by atoms with Crippen LogP contribution in [0.1, 0.15) is 73.1 Å². The van der Waals surface area contributed by atoms with Crippen LogP contribution in [0.4, 0.5) is 0 Å². The summed E-state index contributed by atoms with van der Waals surface area (Å²) in [5, 5.41) is 34.5. The molecule has 0 spiro atoms. The third-order valence-electron chi connectivity index (χ3n) is 6.55. The van der Waals surface area contributed by atoms with E-state index in [0.717, 1.165) is 12.8 Å². The number of nitroso groups, excluding NO2 is 1. The van der Waals surface area contributed by atoms with Crippen LogP contribution in [0.25, 0.3) is 0 Å². The lowest BCUT2D eigenvalue weighted by Crippen LogP contribution is -2.54. The molecule has 6 heteroatoms. The topological polar surface area (TPSA) is 99.4 Å². The molecule has 0 radical (unpaired) electrons. The summed E-state index contributed by atoms with van der Waals surface area (Å²) >= 11 is 0. The molecule has 2 aliphatic carbocycles. The van der Waals surface area contributed by atoms with Gasteiger partial charge < -0.3 is 20.1 Å². The fourth-order valence-corrected chi connectivity index (χ4v) is 4.06. The van der Waals surface area contributed by atoms with Gasteiger partial charge in [0, 0.05) is 0 Å². The molecule has 2 atom stereocenters. The normalized spacial score (nSPS) is 39.0. The quantitative estimate of drug-likeness (QED) is 0.493. The third kappa shape index (κ3) is 4.53. The third-order valence-corrected chi connectivity index (χ3v) is 6.55. The minimum atomic E-state index is -1.06. The Balaban J connectivity index is 2.02. The lowest BCUT2D eigenvalue weighted by molar-refractivity contribution is -0.150. The van der Waals surface area contributed by atoms with E-state index in [1.807, 2.05) is 27.7 Å². The van der Waals surface area contributed by atoms with Gasteiger partial charge in [-0.25, -0.2) is 0 Å². The van der Waals surface area contributed by atoms with Crippen LogP contribution in [0.2, 0.25) is 0 Å². The summed E-state index contributed by atoms with van der Waals surface area (Å²) in [6.07, 6.45) is 6.69. The maximum absolute atomic E-state index is 11.7. The van der Waals surface area contributed by atoms with Crippen molar-refractivity contribution in [3.63, 3.8) is 0 Å². The summed E-state index contributed by atoms with van der Waals surface area (Å²) in [4.78, 5) is 11.7. The van der Waals surface area contributed by atoms with E-state index in [1.165, 1.54) is 0 Å². The Morgan fingerprint density at radius 3 is 2.08 bits per heavy atom. The van der Waals surface area contributed by atoms with Crippen LogP contribution in [0.3, 0.4) is 0 Å². The molecule has 2 rings (SSSR count). The zero-order valence-electron chi connectivity index (χ0n) is 16.8. The molecule has 1 saturated carbocycles. The van der Waals surface area contributed by atoms with E-state index >= 15 is 0 Å². The first-order chi connectivity index (χ1) is 11.7. The largest absolute Gasteiger partial charge is 0.390 e. The van der Waals surface area contributed by atoms with E-state index in [2.05, 4.69) is 5.18 Å². The molecule has 2 aliphatic rings. The summed E-state index contributed by atoms with van der Waals surface area (Å²) < 4.78 is 6.06. The molecular formula is C20H35NO5. The molecule has 150 valence electrons. The van der Waals surface area contributed by atoms with Gasteiger partial charge in [-0.15, -0.1) is 4.91 Å². The number of hydrogen-bond donors (Lipinski definition) is 3. The Labute approximate surface area is 156 Å². The summed E-state index contributed by atoms with van der Waals surface area (Å²) in [6.45, 7) is 9.07. The van der Waals surface area contributed by atoms with Crippen LogP contribution in [-0.2, 0) is 4.74 Å². The van der Waals surface area contributed by atoms with Gasteiger partial charge in [0.05, 0.1) is 29.0 Å². The summed E-state index contributed by atoms with van der Waals surface area (Å²) in [5.74, 6) is 0.169. The second kappa shape index (κ2) is 6.97. The molecule has 0 aromatic heterocycles. The van der Waals surface area contributed by atoms with Gasteiger partial charge in [0.25, 0.3) is 0 Å². The van der Waals surface area contributed by atoms with Gasteiger partial charge in [-0.1, -0.05) is 17.3 Å². The standard InChI is InChI=1S/C20H35NO5/c1-16(2,22)15-6-8-19(24,9-7-15)14-26-17(3,4)20(21-25)12-10-18(5,23)11-13-20/h10,12,15,22-24H,6-9,11,13-14H2,1-5H3. The van der Waals surface area contributed by atoms with Crippen LogP contribution in [0.15, 0.2) is 17.3 Å². The van der Waals surface area contributed by atoms with Crippen molar-refractivity contribution in [2.75, 3.05) is 6.61 Å². The van der Waals surface area contributed by atoms with Crippen molar-refractivity contribution in [2.24, 2.45) is 11.1 Å². The number of nitrogens with zero attached hydrogens (tertiary/aromatic N) is 1. The fourth-order valence-electron chi connectivity index (χ4n) is 4.06. The van der Waals surface area contributed by atoms with E-state index in [4.69, 9.17) is 4.74 Å². The molecule has 26 heavy (non-hydrogen) atoms. The predicted molar refractivity (Wildman–Crippen MR) is 101 cm³/mol. The maximum Gasteiger partial charge on any atom is 0.149 e. The molecule has 2 unspecified atom stereocenters. The van der Waals surface area contributed by atoms with Crippen molar-refractivity contribution in [1.82, 2.24) is 0 Å². The Morgan fingerprint density at radius 1 is 1.08 bits per heavy atom. The van der Waals surface area contributed by atoms with Crippen molar-refractivity contribution in [1.29, 1.82) is 0 Å². The van der Waals surface area contributed by atoms with Crippen molar-refractivity contribution < 1.29 is 20.1 Å². The molecule has 1 fully saturated rings. The van der Waals surface area contributed by atoms with Gasteiger partial charge in [-0.3, -0.25) is 0 Å². The molecule has 0 aromatic carbocycles. The molecule has 0 saturated heterocycles. The van der Waals surface area contributed by atoms with Gasteiger partial charge >= 0.3 is 0 Å². The molecule has 0 bridgehead atoms. The lowest BCUT2D eigenvalue weighted by Gasteiger charge is -2.46. The first kappa shape index (κ1) is 21.5. The average molecular weight is 370 g/mol. The van der Waals surface area contributed by atoms with E-state index in [-0.39, 0.29) is 12.5 Å². The minimum absolute atomic E-state index is 0.125. The van der Waals surface area contributed by atoms with E-state index < -0.39 is 27.9 Å². The second-order valence-electron chi connectivity index (χ2n) is 9.66. The Morgan fingerprint density at radius 2 is 1.65 bits per heavy atom. The van der Waals surface area contributed by atoms with Gasteiger partial charge in [0.15, 0.2) is 0 Å². The molecule has 6 nitrogen and oxygen atoms in total. The van der Waals surface area contributed by atoms with E-state index in [0.29, 0.717) is 25.7 Å². The lowest BCUT2D eigenvalue weighted by atomic mass is 9.71. The van der Waals surface area contributed by atoms with Crippen molar-refractivity contribution in [3.05, 3.63) is 17.1 Å². The summed E-state index contributed by atoms with van der Waals surface area (Å²) in [5.41, 5.74) is -4.58. The van der Waals surface area contributed by atoms with Gasteiger partial charge in [0.2, 0.25) is 0 Å². The molecular weight excluding hydrogens is 334 g/mol. The van der Waals surface area contributed by atoms with Gasteiger partial charge in [-0.05, 0) is 79.1 Å². The fraction of sp³-hybridized carbons (Fsp3) is 0.900. The second-order valence-corrected chi connectivity index (χ2v) is 9.66. The van der Waals surface area contributed by atoms with Crippen LogP contribution in [-0.4, -0.2) is 49.9 Å². The Kier molecular flexibility index (Phi) is 5.76. The molecule has 0 aromatic rings. The highest BCUT2D eigenvalue weighted by molar-refractivity contribution is 5.22. The first-order valence-electron chi connectivity index (χ1n) is 9.60. The predicted octanol–water partition coefficient (Wildman–Crippen LogP) is 3.08. The van der Waals surface area contributed by atoms with Crippen LogP contribution in [0, 0.1) is 10.8 Å². The highest BCUT2D eigenvalue weighted by Crippen LogP contribution is 2.43. The van der Waals surface area contributed by atoms with Crippen LogP contribution in [0.5, 0.6) is 0 Å². The average Bonchev–Trinajstić information content (AvgIpc) is 2.53. The van der Waals surface area contributed by atoms with Gasteiger partial charge in [0.1, 0.15) is 5.54 Å². The number of hydrogen-bond acceptors (Lipinski definition) is 6. The summed E-state index contributed by atoms with van der Waals surface area (Å²) in [6, 6.07) is 0. The number of ether oxygens (including phenoxy) is 1. The monoisotopic (exact) mass is 369 g/mol. The zero-order chi connectivity index (χ0) is 19.9. The van der Waals surface area contributed by atoms with Crippen molar-refractivity contribution in [3.8, 4) is 0 Å². The SMILES string of the molecule is CC1(O)C=CC(N=O)(C(C)(C)OCC2(O)CCC(C(C)(C)O)CC2)CC1. The molecule has 0 aliphatic heterocycles. The highest BCUT2D eigenvalue weighted by atomic mass is 16.5. The highest BCUT2D eigenvalue weighted by Gasteiger charge is 2.50. The zero-order valence-corrected chi connectivity index (χ0v) is 16.8. The molecule has 3 N–H and O–H groups in total. The molecule has 0 heterocycles. The Hall–Kier alpha value is -0.820. The van der Waals surface area contributed by atoms with Crippen molar-refractivity contribution in [2.45, 2.75) is 101 Å². The smallest absolute Gasteiger partial charge is 0.149 e. The van der Waals surface area contributed by atoms with Crippen LogP contribution >= 0.6 is 0 Å². The van der Waals surface area contributed by atoms with E-state index in [9.17, 15) is 20.2 Å². The van der Waals surface area contributed by atoms with E-state index in [1.54, 1.807) is 19.1 Å². The molecule has 0 amide bonds.